The maximum Gasteiger partial charge on any atom is 0.239 e. The molecule has 2 aromatic heterocycles. The number of hydrogen-bond donors (Lipinski definition) is 1. The number of nitrogens with one attached hydrogen (secondary N) is 1. The minimum absolute atomic E-state index is 0.192. The summed E-state index contributed by atoms with van der Waals surface area (Å²) in [6, 6.07) is 8.31. The quantitative estimate of drug-likeness (QED) is 0.715. The first-order valence-electron chi connectivity index (χ1n) is 8.84. The average Bonchev–Trinajstić information content (AvgIpc) is 3.08. The van der Waals surface area contributed by atoms with Gasteiger partial charge >= 0.3 is 0 Å². The predicted molar refractivity (Wildman–Crippen MR) is 106 cm³/mol. The van der Waals surface area contributed by atoms with Crippen LogP contribution in [-0.2, 0) is 18.3 Å². The summed E-state index contributed by atoms with van der Waals surface area (Å²) >= 11 is 0. The number of rotatable bonds is 5. The zero-order valence-corrected chi connectivity index (χ0v) is 16.2. The van der Waals surface area contributed by atoms with E-state index in [-0.39, 0.29) is 17.8 Å². The smallest absolute Gasteiger partial charge is 0.239 e. The minimum atomic E-state index is -0.537. The van der Waals surface area contributed by atoms with Gasteiger partial charge in [-0.2, -0.15) is 10.5 Å². The molecule has 0 radical (unpaired) electrons. The molecule has 146 valence electrons. The van der Waals surface area contributed by atoms with E-state index in [1.807, 2.05) is 13.0 Å². The largest absolute Gasteiger partial charge is 0.334 e. The number of aryl methyl sites for hydroxylation is 2. The van der Waals surface area contributed by atoms with Gasteiger partial charge in [-0.25, -0.2) is 14.4 Å². The fourth-order valence-corrected chi connectivity index (χ4v) is 3.10. The summed E-state index contributed by atoms with van der Waals surface area (Å²) in [5.41, 5.74) is 2.35. The molecule has 29 heavy (non-hydrogen) atoms. The third kappa shape index (κ3) is 3.71. The van der Waals surface area contributed by atoms with Crippen LogP contribution in [0.25, 0.3) is 11.0 Å². The lowest BCUT2D eigenvalue weighted by molar-refractivity contribution is -0.115. The maximum atomic E-state index is 14.8. The number of carbonyl (C=O) groups is 1. The summed E-state index contributed by atoms with van der Waals surface area (Å²) in [6.45, 7) is 1.87. The number of imidazole rings is 1. The lowest BCUT2D eigenvalue weighted by Crippen LogP contribution is -2.18. The van der Waals surface area contributed by atoms with E-state index < -0.39 is 11.7 Å². The van der Waals surface area contributed by atoms with Crippen molar-refractivity contribution in [3.63, 3.8) is 0 Å². The van der Waals surface area contributed by atoms with Crippen LogP contribution in [0.4, 0.5) is 21.7 Å². The number of carbonyl (C=O) groups excluding carboxylic acids is 1. The van der Waals surface area contributed by atoms with Gasteiger partial charge in [0.15, 0.2) is 5.82 Å². The number of pyridine rings is 1. The molecule has 0 aliphatic carbocycles. The summed E-state index contributed by atoms with van der Waals surface area (Å²) in [4.78, 5) is 22.2. The Hall–Kier alpha value is -3.98. The average molecular weight is 391 g/mol. The van der Waals surface area contributed by atoms with Crippen molar-refractivity contribution in [1.29, 1.82) is 10.5 Å². The standard InChI is InChI=1S/C20H18FN7O/c1-4-13-7-12(10-23)8-14(21)19(13)28(3)16-9-15-18(24-11-27(15)2)20(25-16)26-17(29)5-6-22/h7-9,11H,4-5H2,1-3H3,(H,25,26,29). The number of nitrogens with zero attached hydrogens (tertiary/aromatic N) is 6. The monoisotopic (exact) mass is 391 g/mol. The van der Waals surface area contributed by atoms with Crippen LogP contribution >= 0.6 is 0 Å². The number of amides is 1. The van der Waals surface area contributed by atoms with Crippen molar-refractivity contribution in [3.8, 4) is 12.1 Å². The molecule has 0 fully saturated rings. The van der Waals surface area contributed by atoms with Crippen LogP contribution in [0.3, 0.4) is 0 Å². The Morgan fingerprint density at radius 3 is 2.76 bits per heavy atom. The zero-order valence-electron chi connectivity index (χ0n) is 16.2. The number of anilines is 3. The van der Waals surface area contributed by atoms with E-state index in [4.69, 9.17) is 10.5 Å². The summed E-state index contributed by atoms with van der Waals surface area (Å²) in [7, 11) is 3.45. The van der Waals surface area contributed by atoms with Gasteiger partial charge in [0.05, 0.1) is 35.2 Å². The number of halogens is 1. The van der Waals surface area contributed by atoms with Crippen molar-refractivity contribution >= 4 is 34.3 Å². The van der Waals surface area contributed by atoms with E-state index in [2.05, 4.69) is 15.3 Å². The molecule has 0 atom stereocenters. The molecule has 0 saturated heterocycles. The second kappa shape index (κ2) is 7.95. The van der Waals surface area contributed by atoms with E-state index in [0.29, 0.717) is 34.5 Å². The van der Waals surface area contributed by atoms with E-state index in [9.17, 15) is 9.18 Å². The molecular formula is C20H18FN7O. The highest BCUT2D eigenvalue weighted by Gasteiger charge is 2.20. The van der Waals surface area contributed by atoms with Gasteiger partial charge in [0.25, 0.3) is 0 Å². The van der Waals surface area contributed by atoms with Crippen LogP contribution in [-0.4, -0.2) is 27.5 Å². The molecule has 0 saturated carbocycles. The molecule has 1 N–H and O–H groups in total. The van der Waals surface area contributed by atoms with Gasteiger partial charge in [-0.15, -0.1) is 0 Å². The molecule has 2 heterocycles. The first-order chi connectivity index (χ1) is 13.9. The lowest BCUT2D eigenvalue weighted by atomic mass is 10.1. The molecule has 3 rings (SSSR count). The van der Waals surface area contributed by atoms with Crippen LogP contribution in [0.5, 0.6) is 0 Å². The molecule has 0 unspecified atom stereocenters. The van der Waals surface area contributed by atoms with Crippen molar-refractivity contribution in [2.24, 2.45) is 7.05 Å². The summed E-state index contributed by atoms with van der Waals surface area (Å²) in [5, 5.41) is 20.4. The third-order valence-electron chi connectivity index (χ3n) is 4.53. The molecule has 9 heteroatoms. The summed E-state index contributed by atoms with van der Waals surface area (Å²) < 4.78 is 16.6. The molecule has 0 aliphatic heterocycles. The maximum absolute atomic E-state index is 14.8. The van der Waals surface area contributed by atoms with E-state index >= 15 is 0 Å². The highest BCUT2D eigenvalue weighted by atomic mass is 19.1. The van der Waals surface area contributed by atoms with Crippen molar-refractivity contribution in [2.75, 3.05) is 17.3 Å². The first kappa shape index (κ1) is 19.8. The zero-order chi connectivity index (χ0) is 21.1. The topological polar surface area (TPSA) is 111 Å². The second-order valence-corrected chi connectivity index (χ2v) is 6.43. The fraction of sp³-hybridized carbons (Fsp3) is 0.250. The lowest BCUT2D eigenvalue weighted by Gasteiger charge is -2.23. The van der Waals surface area contributed by atoms with Gasteiger partial charge in [-0.05, 0) is 24.1 Å². The van der Waals surface area contributed by atoms with Gasteiger partial charge in [0.2, 0.25) is 5.91 Å². The Labute approximate surface area is 166 Å². The van der Waals surface area contributed by atoms with Gasteiger partial charge < -0.3 is 14.8 Å². The second-order valence-electron chi connectivity index (χ2n) is 6.43. The van der Waals surface area contributed by atoms with Crippen molar-refractivity contribution in [1.82, 2.24) is 14.5 Å². The van der Waals surface area contributed by atoms with Crippen LogP contribution in [0.1, 0.15) is 24.5 Å². The number of benzene rings is 1. The predicted octanol–water partition coefficient (Wildman–Crippen LogP) is 3.16. The van der Waals surface area contributed by atoms with Crippen LogP contribution in [0.15, 0.2) is 24.5 Å². The molecule has 1 amide bonds. The Morgan fingerprint density at radius 2 is 2.10 bits per heavy atom. The SMILES string of the molecule is CCc1cc(C#N)cc(F)c1N(C)c1cc2c(ncn2C)c(NC(=O)CC#N)n1. The van der Waals surface area contributed by atoms with Crippen molar-refractivity contribution in [3.05, 3.63) is 41.5 Å². The third-order valence-corrected chi connectivity index (χ3v) is 4.53. The minimum Gasteiger partial charge on any atom is -0.334 e. The van der Waals surface area contributed by atoms with Crippen LogP contribution < -0.4 is 10.2 Å². The Morgan fingerprint density at radius 1 is 1.34 bits per heavy atom. The van der Waals surface area contributed by atoms with Crippen molar-refractivity contribution < 1.29 is 9.18 Å². The normalized spacial score (nSPS) is 10.4. The highest BCUT2D eigenvalue weighted by molar-refractivity contribution is 5.99. The van der Waals surface area contributed by atoms with Crippen molar-refractivity contribution in [2.45, 2.75) is 19.8 Å². The van der Waals surface area contributed by atoms with Crippen LogP contribution in [0.2, 0.25) is 0 Å². The molecule has 0 aliphatic rings. The van der Waals surface area contributed by atoms with E-state index in [1.165, 1.54) is 6.07 Å². The number of aromatic nitrogens is 3. The molecule has 0 spiro atoms. The Bertz CT molecular complexity index is 1190. The number of fused-ring (bicyclic) bond motifs is 1. The highest BCUT2D eigenvalue weighted by Crippen LogP contribution is 2.33. The Balaban J connectivity index is 2.15. The molecule has 8 nitrogen and oxygen atoms in total. The fourth-order valence-electron chi connectivity index (χ4n) is 3.10. The summed E-state index contributed by atoms with van der Waals surface area (Å²) in [6.07, 6.45) is 1.78. The molecular weight excluding hydrogens is 373 g/mol. The van der Waals surface area contributed by atoms with E-state index in [0.717, 1.165) is 0 Å². The van der Waals surface area contributed by atoms with Gasteiger partial charge in [-0.1, -0.05) is 6.92 Å². The number of nitriles is 2. The molecule has 0 bridgehead atoms. The molecule has 3 aromatic rings. The van der Waals surface area contributed by atoms with Gasteiger partial charge in [0, 0.05) is 20.2 Å². The molecule has 1 aromatic carbocycles. The van der Waals surface area contributed by atoms with E-state index in [1.54, 1.807) is 48.1 Å². The van der Waals surface area contributed by atoms with Gasteiger partial charge in [-0.3, -0.25) is 4.79 Å². The van der Waals surface area contributed by atoms with Crippen LogP contribution in [0, 0.1) is 28.5 Å². The Kier molecular flexibility index (Phi) is 5.42. The summed E-state index contributed by atoms with van der Waals surface area (Å²) in [5.74, 6) is -0.472. The number of hydrogen-bond acceptors (Lipinski definition) is 6. The first-order valence-corrected chi connectivity index (χ1v) is 8.84. The van der Waals surface area contributed by atoms with Gasteiger partial charge in [0.1, 0.15) is 23.6 Å².